The van der Waals surface area contributed by atoms with Crippen molar-refractivity contribution in [2.75, 3.05) is 18.4 Å². The van der Waals surface area contributed by atoms with Gasteiger partial charge in [0.2, 0.25) is 5.91 Å². The SMILES string of the molecule is Cc1cc(Nc2cccc(F)c2)cc([C@H]2CCN(C(=O)Cn3nc(C)nc3C)C2)n1. The quantitative estimate of drug-likeness (QED) is 0.699. The van der Waals surface area contributed by atoms with Gasteiger partial charge in [0.1, 0.15) is 24.0 Å². The second-order valence-corrected chi connectivity index (χ2v) is 7.75. The van der Waals surface area contributed by atoms with Gasteiger partial charge in [-0.25, -0.2) is 14.1 Å². The zero-order valence-electron chi connectivity index (χ0n) is 17.4. The van der Waals surface area contributed by atoms with Crippen molar-refractivity contribution in [2.24, 2.45) is 0 Å². The van der Waals surface area contributed by atoms with E-state index in [2.05, 4.69) is 15.4 Å². The first-order chi connectivity index (χ1) is 14.4. The minimum atomic E-state index is -0.284. The van der Waals surface area contributed by atoms with E-state index in [4.69, 9.17) is 4.98 Å². The monoisotopic (exact) mass is 408 g/mol. The van der Waals surface area contributed by atoms with Crippen molar-refractivity contribution < 1.29 is 9.18 Å². The number of hydrogen-bond donors (Lipinski definition) is 1. The van der Waals surface area contributed by atoms with E-state index in [9.17, 15) is 9.18 Å². The Hall–Kier alpha value is -3.29. The number of hydrogen-bond acceptors (Lipinski definition) is 5. The van der Waals surface area contributed by atoms with Crippen LogP contribution in [0.5, 0.6) is 0 Å². The van der Waals surface area contributed by atoms with Crippen LogP contribution >= 0.6 is 0 Å². The lowest BCUT2D eigenvalue weighted by Crippen LogP contribution is -2.32. The molecule has 3 aromatic rings. The van der Waals surface area contributed by atoms with E-state index in [1.807, 2.05) is 43.9 Å². The molecule has 8 heteroatoms. The molecule has 0 radical (unpaired) electrons. The molecule has 1 aliphatic heterocycles. The van der Waals surface area contributed by atoms with Crippen molar-refractivity contribution in [3.8, 4) is 0 Å². The highest BCUT2D eigenvalue weighted by Crippen LogP contribution is 2.29. The zero-order chi connectivity index (χ0) is 21.3. The molecular formula is C22H25FN6O. The Balaban J connectivity index is 1.45. The molecule has 1 aromatic carbocycles. The van der Waals surface area contributed by atoms with Gasteiger partial charge >= 0.3 is 0 Å². The number of rotatable bonds is 5. The van der Waals surface area contributed by atoms with E-state index in [1.54, 1.807) is 10.7 Å². The van der Waals surface area contributed by atoms with Gasteiger partial charge in [-0.15, -0.1) is 0 Å². The Morgan fingerprint density at radius 1 is 1.17 bits per heavy atom. The second-order valence-electron chi connectivity index (χ2n) is 7.75. The van der Waals surface area contributed by atoms with Crippen molar-refractivity contribution in [3.63, 3.8) is 0 Å². The summed E-state index contributed by atoms with van der Waals surface area (Å²) in [7, 11) is 0. The summed E-state index contributed by atoms with van der Waals surface area (Å²) in [6.07, 6.45) is 0.858. The van der Waals surface area contributed by atoms with Crippen LogP contribution in [0.25, 0.3) is 0 Å². The Bertz CT molecular complexity index is 1080. The van der Waals surface area contributed by atoms with Gasteiger partial charge in [-0.3, -0.25) is 9.78 Å². The van der Waals surface area contributed by atoms with Crippen LogP contribution in [0.3, 0.4) is 0 Å². The molecule has 156 valence electrons. The van der Waals surface area contributed by atoms with Crippen LogP contribution in [0.1, 0.15) is 35.4 Å². The van der Waals surface area contributed by atoms with Gasteiger partial charge in [0.15, 0.2) is 0 Å². The minimum absolute atomic E-state index is 0.0382. The number of anilines is 2. The maximum atomic E-state index is 13.5. The third-order valence-corrected chi connectivity index (χ3v) is 5.29. The van der Waals surface area contributed by atoms with E-state index >= 15 is 0 Å². The van der Waals surface area contributed by atoms with Crippen LogP contribution in [0.15, 0.2) is 36.4 Å². The summed E-state index contributed by atoms with van der Waals surface area (Å²) in [5.74, 6) is 1.33. The number of halogens is 1. The van der Waals surface area contributed by atoms with Gasteiger partial charge in [0.25, 0.3) is 0 Å². The number of likely N-dealkylation sites (tertiary alicyclic amines) is 1. The Morgan fingerprint density at radius 3 is 2.73 bits per heavy atom. The third kappa shape index (κ3) is 4.48. The number of carbonyl (C=O) groups excluding carboxylic acids is 1. The van der Waals surface area contributed by atoms with E-state index < -0.39 is 0 Å². The number of pyridine rings is 1. The third-order valence-electron chi connectivity index (χ3n) is 5.29. The van der Waals surface area contributed by atoms with Gasteiger partial charge < -0.3 is 10.2 Å². The molecule has 3 heterocycles. The number of aromatic nitrogens is 4. The van der Waals surface area contributed by atoms with Crippen LogP contribution in [-0.4, -0.2) is 43.6 Å². The van der Waals surface area contributed by atoms with Crippen molar-refractivity contribution in [3.05, 3.63) is 65.3 Å². The highest BCUT2D eigenvalue weighted by molar-refractivity contribution is 5.76. The first-order valence-electron chi connectivity index (χ1n) is 10.0. The molecule has 4 rings (SSSR count). The Kier molecular flexibility index (Phi) is 5.48. The van der Waals surface area contributed by atoms with E-state index in [1.165, 1.54) is 12.1 Å². The van der Waals surface area contributed by atoms with Crippen LogP contribution in [0, 0.1) is 26.6 Å². The lowest BCUT2D eigenvalue weighted by atomic mass is 10.0. The van der Waals surface area contributed by atoms with Crippen LogP contribution in [-0.2, 0) is 11.3 Å². The molecule has 0 unspecified atom stereocenters. The fourth-order valence-corrected chi connectivity index (χ4v) is 3.88. The minimum Gasteiger partial charge on any atom is -0.355 e. The largest absolute Gasteiger partial charge is 0.355 e. The van der Waals surface area contributed by atoms with Gasteiger partial charge in [-0.1, -0.05) is 6.07 Å². The fourth-order valence-electron chi connectivity index (χ4n) is 3.88. The van der Waals surface area contributed by atoms with Crippen molar-refractivity contribution in [2.45, 2.75) is 39.7 Å². The zero-order valence-corrected chi connectivity index (χ0v) is 17.4. The number of nitrogens with one attached hydrogen (secondary N) is 1. The summed E-state index contributed by atoms with van der Waals surface area (Å²) in [6, 6.07) is 10.3. The Labute approximate surface area is 175 Å². The summed E-state index contributed by atoms with van der Waals surface area (Å²) in [5, 5.41) is 7.52. The van der Waals surface area contributed by atoms with Gasteiger partial charge in [0, 0.05) is 41.8 Å². The molecule has 1 fully saturated rings. The first kappa shape index (κ1) is 20.0. The molecule has 30 heavy (non-hydrogen) atoms. The van der Waals surface area contributed by atoms with Crippen LogP contribution in [0.2, 0.25) is 0 Å². The molecule has 1 saturated heterocycles. The molecule has 1 N–H and O–H groups in total. The molecule has 1 aliphatic rings. The van der Waals surface area contributed by atoms with Crippen molar-refractivity contribution in [1.82, 2.24) is 24.6 Å². The summed E-state index contributed by atoms with van der Waals surface area (Å²) >= 11 is 0. The summed E-state index contributed by atoms with van der Waals surface area (Å²) in [5.41, 5.74) is 3.37. The summed E-state index contributed by atoms with van der Waals surface area (Å²) < 4.78 is 15.1. The van der Waals surface area contributed by atoms with Gasteiger partial charge in [-0.05, 0) is 57.5 Å². The molecule has 2 aromatic heterocycles. The fraction of sp³-hybridized carbons (Fsp3) is 0.364. The predicted molar refractivity (Wildman–Crippen MR) is 112 cm³/mol. The molecule has 1 atom stereocenters. The molecule has 0 aliphatic carbocycles. The molecule has 1 amide bonds. The lowest BCUT2D eigenvalue weighted by molar-refractivity contribution is -0.131. The topological polar surface area (TPSA) is 75.9 Å². The van der Waals surface area contributed by atoms with Crippen molar-refractivity contribution >= 4 is 17.3 Å². The standard InChI is InChI=1S/C22H25FN6O/c1-14-9-20(26-19-6-4-5-18(23)10-19)11-21(24-14)17-7-8-28(12-17)22(30)13-29-16(3)25-15(2)27-29/h4-6,9-11,17H,7-8,12-13H2,1-3H3,(H,24,26)/t17-/m0/s1. The van der Waals surface area contributed by atoms with E-state index in [0.717, 1.165) is 29.3 Å². The first-order valence-corrected chi connectivity index (χ1v) is 10.0. The summed E-state index contributed by atoms with van der Waals surface area (Å²) in [4.78, 5) is 23.5. The second kappa shape index (κ2) is 8.22. The number of nitrogens with zero attached hydrogens (tertiary/aromatic N) is 5. The van der Waals surface area contributed by atoms with Crippen molar-refractivity contribution in [1.29, 1.82) is 0 Å². The van der Waals surface area contributed by atoms with Gasteiger partial charge in [-0.2, -0.15) is 5.10 Å². The lowest BCUT2D eigenvalue weighted by Gasteiger charge is -2.17. The number of benzene rings is 1. The maximum absolute atomic E-state index is 13.5. The highest BCUT2D eigenvalue weighted by atomic mass is 19.1. The number of aryl methyl sites for hydroxylation is 3. The Morgan fingerprint density at radius 2 is 2.00 bits per heavy atom. The molecular weight excluding hydrogens is 383 g/mol. The van der Waals surface area contributed by atoms with E-state index in [-0.39, 0.29) is 24.2 Å². The van der Waals surface area contributed by atoms with Crippen LogP contribution < -0.4 is 5.32 Å². The predicted octanol–water partition coefficient (Wildman–Crippen LogP) is 3.50. The normalized spacial score (nSPS) is 16.1. The molecule has 7 nitrogen and oxygen atoms in total. The van der Waals surface area contributed by atoms with E-state index in [0.29, 0.717) is 24.6 Å². The van der Waals surface area contributed by atoms with Gasteiger partial charge in [0.05, 0.1) is 0 Å². The highest BCUT2D eigenvalue weighted by Gasteiger charge is 2.29. The number of carbonyl (C=O) groups is 1. The summed E-state index contributed by atoms with van der Waals surface area (Å²) in [6.45, 7) is 7.13. The maximum Gasteiger partial charge on any atom is 0.244 e. The average molecular weight is 408 g/mol. The smallest absolute Gasteiger partial charge is 0.244 e. The van der Waals surface area contributed by atoms with Crippen LogP contribution in [0.4, 0.5) is 15.8 Å². The average Bonchev–Trinajstić information content (AvgIpc) is 3.28. The molecule has 0 saturated carbocycles. The molecule has 0 bridgehead atoms. The number of amides is 1. The molecule has 0 spiro atoms.